The fourth-order valence-electron chi connectivity index (χ4n) is 4.83. The molecule has 1 unspecified atom stereocenters. The minimum atomic E-state index is -4.97. The highest BCUT2D eigenvalue weighted by Crippen LogP contribution is 2.54. The molecule has 188 valence electrons. The summed E-state index contributed by atoms with van der Waals surface area (Å²) in [6.07, 6.45) is 0.493. The Morgan fingerprint density at radius 2 is 1.29 bits per heavy atom. The van der Waals surface area contributed by atoms with E-state index < -0.39 is 65.5 Å². The highest BCUT2D eigenvalue weighted by atomic mass is 16.7. The first-order valence-corrected chi connectivity index (χ1v) is 10.0. The summed E-state index contributed by atoms with van der Waals surface area (Å²) in [6, 6.07) is 5.98. The summed E-state index contributed by atoms with van der Waals surface area (Å²) in [4.78, 5) is 27.8. The van der Waals surface area contributed by atoms with Gasteiger partial charge in [0.25, 0.3) is 40.4 Å². The number of benzene rings is 1. The molecule has 2 heterocycles. The molecule has 34 heavy (non-hydrogen) atoms. The summed E-state index contributed by atoms with van der Waals surface area (Å²) in [5.41, 5.74) is -3.34. The molecule has 0 aromatic heterocycles. The van der Waals surface area contributed by atoms with Crippen LogP contribution in [0.5, 0.6) is 0 Å². The Kier molecular flexibility index (Phi) is 5.04. The average Bonchev–Trinajstić information content (AvgIpc) is 2.76. The van der Waals surface area contributed by atoms with Gasteiger partial charge in [-0.3, -0.25) is 9.59 Å². The summed E-state index contributed by atoms with van der Waals surface area (Å²) in [6.45, 7) is -1.10. The summed E-state index contributed by atoms with van der Waals surface area (Å²) >= 11 is 0. The van der Waals surface area contributed by atoms with Crippen LogP contribution in [0, 0.1) is 0 Å². The molecule has 2 amide bonds. The third-order valence-corrected chi connectivity index (χ3v) is 7.00. The predicted octanol–water partition coefficient (Wildman–Crippen LogP) is -6.90. The van der Waals surface area contributed by atoms with Crippen LogP contribution < -0.4 is 0 Å². The molecule has 0 spiro atoms. The molecular formula is C19H24N2O13. The highest BCUT2D eigenvalue weighted by molar-refractivity contribution is 5.93. The van der Waals surface area contributed by atoms with E-state index in [1.165, 1.54) is 4.90 Å². The largest absolute Gasteiger partial charge is 0.371 e. The quantitative estimate of drug-likeness (QED) is 0.164. The van der Waals surface area contributed by atoms with Gasteiger partial charge in [0.2, 0.25) is 5.91 Å². The Balaban J connectivity index is 1.81. The number of hydrogen-bond donors (Lipinski definition) is 11. The number of nitrogens with zero attached hydrogens (tertiary/aromatic N) is 2. The van der Waals surface area contributed by atoms with Crippen molar-refractivity contribution in [3.8, 4) is 0 Å². The molecule has 1 aliphatic carbocycles. The third kappa shape index (κ3) is 2.57. The SMILES string of the molecule is O=C1CN(C(=O)C2(O)C(O)(O)C(O)(O)C(O)(O)C(O)(O)C2(O)O)CC2c3ccccc3CCN12. The van der Waals surface area contributed by atoms with Crippen molar-refractivity contribution in [2.45, 2.75) is 47.0 Å². The predicted molar refractivity (Wildman–Crippen MR) is 102 cm³/mol. The molecule has 1 atom stereocenters. The van der Waals surface area contributed by atoms with E-state index in [4.69, 9.17) is 0 Å². The standard InChI is InChI=1S/C19H24N2O13/c22-12-8-20(7-11-10-4-2-1-3-9(10)5-6-21(11)12)13(23)14(24)15(25,26)17(29,30)19(33,34)18(31,32)16(14,27)28/h1-4,11,24-34H,5-8H2. The Hall–Kier alpha value is -2.28. The molecular weight excluding hydrogens is 464 g/mol. The van der Waals surface area contributed by atoms with Crippen LogP contribution in [0.3, 0.4) is 0 Å². The van der Waals surface area contributed by atoms with Crippen LogP contribution in [-0.2, 0) is 16.0 Å². The molecule has 0 radical (unpaired) electrons. The lowest BCUT2D eigenvalue weighted by atomic mass is 9.63. The molecule has 3 aliphatic rings. The van der Waals surface area contributed by atoms with Crippen molar-refractivity contribution in [2.24, 2.45) is 0 Å². The van der Waals surface area contributed by atoms with Gasteiger partial charge in [-0.1, -0.05) is 24.3 Å². The summed E-state index contributed by atoms with van der Waals surface area (Å²) in [5, 5.41) is 111. The topological polar surface area (TPSA) is 263 Å². The third-order valence-electron chi connectivity index (χ3n) is 7.00. The lowest BCUT2D eigenvalue weighted by molar-refractivity contribution is -0.604. The van der Waals surface area contributed by atoms with Crippen molar-refractivity contribution in [1.29, 1.82) is 0 Å². The Morgan fingerprint density at radius 3 is 1.85 bits per heavy atom. The van der Waals surface area contributed by atoms with Gasteiger partial charge in [0, 0.05) is 13.1 Å². The van der Waals surface area contributed by atoms with E-state index >= 15 is 0 Å². The van der Waals surface area contributed by atoms with Gasteiger partial charge >= 0.3 is 0 Å². The van der Waals surface area contributed by atoms with Crippen molar-refractivity contribution >= 4 is 11.8 Å². The first-order valence-electron chi connectivity index (χ1n) is 10.0. The van der Waals surface area contributed by atoms with Gasteiger partial charge in [0.1, 0.15) is 0 Å². The highest BCUT2D eigenvalue weighted by Gasteiger charge is 2.93. The first-order chi connectivity index (χ1) is 15.4. The minimum Gasteiger partial charge on any atom is -0.371 e. The van der Waals surface area contributed by atoms with E-state index in [1.807, 2.05) is 0 Å². The van der Waals surface area contributed by atoms with Crippen LogP contribution in [0.2, 0.25) is 0 Å². The molecule has 15 heteroatoms. The van der Waals surface area contributed by atoms with Crippen LogP contribution in [0.4, 0.5) is 0 Å². The maximum Gasteiger partial charge on any atom is 0.286 e. The van der Waals surface area contributed by atoms with Crippen molar-refractivity contribution < 1.29 is 65.8 Å². The van der Waals surface area contributed by atoms with Gasteiger partial charge in [0.05, 0.1) is 12.6 Å². The van der Waals surface area contributed by atoms with Crippen LogP contribution in [0.25, 0.3) is 0 Å². The molecule has 1 aromatic rings. The van der Waals surface area contributed by atoms with E-state index in [-0.39, 0.29) is 6.54 Å². The fourth-order valence-corrected chi connectivity index (χ4v) is 4.83. The molecule has 2 fully saturated rings. The fraction of sp³-hybridized carbons (Fsp3) is 0.579. The average molecular weight is 488 g/mol. The Morgan fingerprint density at radius 1 is 0.794 bits per heavy atom. The van der Waals surface area contributed by atoms with Gasteiger partial charge in [-0.05, 0) is 17.5 Å². The van der Waals surface area contributed by atoms with E-state index in [0.29, 0.717) is 16.9 Å². The maximum atomic E-state index is 13.3. The number of amides is 2. The lowest BCUT2D eigenvalue weighted by Gasteiger charge is -2.62. The van der Waals surface area contributed by atoms with E-state index in [0.717, 1.165) is 5.56 Å². The second kappa shape index (κ2) is 6.90. The number of aliphatic hydroxyl groups is 11. The molecule has 0 bridgehead atoms. The number of fused-ring (bicyclic) bond motifs is 3. The summed E-state index contributed by atoms with van der Waals surface area (Å²) in [7, 11) is 0. The molecule has 11 N–H and O–H groups in total. The van der Waals surface area contributed by atoms with E-state index in [1.54, 1.807) is 24.3 Å². The van der Waals surface area contributed by atoms with E-state index in [2.05, 4.69) is 0 Å². The van der Waals surface area contributed by atoms with Crippen molar-refractivity contribution in [3.63, 3.8) is 0 Å². The normalized spacial score (nSPS) is 29.7. The van der Waals surface area contributed by atoms with Crippen LogP contribution in [-0.4, -0.2) is 132 Å². The number of rotatable bonds is 1. The molecule has 2 aliphatic heterocycles. The lowest BCUT2D eigenvalue weighted by Crippen LogP contribution is -2.97. The molecule has 15 nitrogen and oxygen atoms in total. The zero-order valence-corrected chi connectivity index (χ0v) is 17.3. The number of hydrogen-bond acceptors (Lipinski definition) is 13. The Bertz CT molecular complexity index is 1020. The molecule has 1 saturated carbocycles. The second-order valence-corrected chi connectivity index (χ2v) is 8.81. The van der Waals surface area contributed by atoms with Crippen LogP contribution >= 0.6 is 0 Å². The maximum absolute atomic E-state index is 13.3. The first kappa shape index (κ1) is 24.8. The molecule has 4 rings (SSSR count). The zero-order chi connectivity index (χ0) is 25.7. The summed E-state index contributed by atoms with van der Waals surface area (Å²) in [5.74, 6) is -27.7. The van der Waals surface area contributed by atoms with Gasteiger partial charge < -0.3 is 66.0 Å². The van der Waals surface area contributed by atoms with Crippen molar-refractivity contribution in [3.05, 3.63) is 35.4 Å². The number of piperazine rings is 1. The van der Waals surface area contributed by atoms with Gasteiger partial charge in [-0.25, -0.2) is 0 Å². The number of carbonyl (C=O) groups excluding carboxylic acids is 2. The zero-order valence-electron chi connectivity index (χ0n) is 17.3. The smallest absolute Gasteiger partial charge is 0.286 e. The molecule has 1 saturated heterocycles. The monoisotopic (exact) mass is 488 g/mol. The minimum absolute atomic E-state index is 0.255. The molecule has 1 aromatic carbocycles. The van der Waals surface area contributed by atoms with E-state index in [9.17, 15) is 65.8 Å². The number of carbonyl (C=O) groups is 2. The van der Waals surface area contributed by atoms with Gasteiger partial charge in [-0.2, -0.15) is 0 Å². The van der Waals surface area contributed by atoms with Crippen molar-refractivity contribution in [2.75, 3.05) is 19.6 Å². The van der Waals surface area contributed by atoms with Gasteiger partial charge in [-0.15, -0.1) is 0 Å². The van der Waals surface area contributed by atoms with Crippen molar-refractivity contribution in [1.82, 2.24) is 9.80 Å². The van der Waals surface area contributed by atoms with Crippen LogP contribution in [0.1, 0.15) is 17.2 Å². The summed E-state index contributed by atoms with van der Waals surface area (Å²) < 4.78 is 0. The second-order valence-electron chi connectivity index (χ2n) is 8.81. The van der Waals surface area contributed by atoms with Gasteiger partial charge in [0.15, 0.2) is 0 Å². The Labute approximate surface area is 190 Å². The van der Waals surface area contributed by atoms with Crippen LogP contribution in [0.15, 0.2) is 24.3 Å².